The Labute approximate surface area is 113 Å². The number of hydrogen-bond donors (Lipinski definition) is 1. The van der Waals surface area contributed by atoms with Crippen LogP contribution in [0.2, 0.25) is 0 Å². The van der Waals surface area contributed by atoms with Gasteiger partial charge in [0, 0.05) is 20.1 Å². The lowest BCUT2D eigenvalue weighted by atomic mass is 10.3. The molecule has 0 saturated carbocycles. The summed E-state index contributed by atoms with van der Waals surface area (Å²) in [4.78, 5) is 3.87. The number of aromatic nitrogens is 1. The minimum atomic E-state index is -4.40. The normalized spacial score (nSPS) is 12.1. The third kappa shape index (κ3) is 5.43. The third-order valence-corrected chi connectivity index (χ3v) is 3.35. The van der Waals surface area contributed by atoms with Crippen LogP contribution in [0.15, 0.2) is 0 Å². The molecule has 0 aliphatic rings. The Morgan fingerprint density at radius 1 is 1.26 bits per heavy atom. The van der Waals surface area contributed by atoms with E-state index in [2.05, 4.69) is 10.3 Å². The van der Waals surface area contributed by atoms with Crippen molar-refractivity contribution in [2.24, 2.45) is 0 Å². The highest BCUT2D eigenvalue weighted by Crippen LogP contribution is 2.34. The average Bonchev–Trinajstić information content (AvgIpc) is 2.72. The Kier molecular flexibility index (Phi) is 6.70. The van der Waals surface area contributed by atoms with Gasteiger partial charge < -0.3 is 14.8 Å². The molecule has 0 aromatic carbocycles. The molecule has 0 amide bonds. The van der Waals surface area contributed by atoms with Crippen molar-refractivity contribution >= 4 is 11.3 Å². The van der Waals surface area contributed by atoms with E-state index in [1.165, 1.54) is 0 Å². The van der Waals surface area contributed by atoms with Gasteiger partial charge in [0.1, 0.15) is 0 Å². The number of ether oxygens (including phenoxy) is 2. The summed E-state index contributed by atoms with van der Waals surface area (Å²) >= 11 is 1.07. The number of rotatable bonds is 8. The molecule has 0 aliphatic heterocycles. The van der Waals surface area contributed by atoms with E-state index in [0.717, 1.165) is 11.3 Å². The maximum atomic E-state index is 12.7. The zero-order chi connectivity index (χ0) is 14.3. The lowest BCUT2D eigenvalue weighted by molar-refractivity contribution is -0.141. The summed E-state index contributed by atoms with van der Waals surface area (Å²) in [6.45, 7) is 1.40. The van der Waals surface area contributed by atoms with Crippen molar-refractivity contribution in [3.8, 4) is 0 Å². The summed E-state index contributed by atoms with van der Waals surface area (Å²) in [5, 5.41) is 3.16. The van der Waals surface area contributed by atoms with Gasteiger partial charge in [-0.15, -0.1) is 11.3 Å². The smallest absolute Gasteiger partial charge is 0.382 e. The predicted octanol–water partition coefficient (Wildman–Crippen LogP) is 2.09. The minimum Gasteiger partial charge on any atom is -0.382 e. The number of thiazole rings is 1. The topological polar surface area (TPSA) is 43.4 Å². The van der Waals surface area contributed by atoms with Crippen molar-refractivity contribution in [2.45, 2.75) is 19.1 Å². The largest absolute Gasteiger partial charge is 0.434 e. The summed E-state index contributed by atoms with van der Waals surface area (Å²) in [5.74, 6) is 0. The summed E-state index contributed by atoms with van der Waals surface area (Å²) in [5.41, 5.74) is -0.793. The van der Waals surface area contributed by atoms with Crippen LogP contribution in [0.1, 0.15) is 15.6 Å². The quantitative estimate of drug-likeness (QED) is 0.746. The van der Waals surface area contributed by atoms with Gasteiger partial charge in [-0.3, -0.25) is 0 Å². The van der Waals surface area contributed by atoms with Gasteiger partial charge in [-0.25, -0.2) is 4.98 Å². The molecular weight excluding hydrogens is 281 g/mol. The Hall–Kier alpha value is -0.700. The van der Waals surface area contributed by atoms with Crippen molar-refractivity contribution in [1.82, 2.24) is 10.3 Å². The molecule has 1 heterocycles. The van der Waals surface area contributed by atoms with Crippen molar-refractivity contribution in [3.63, 3.8) is 0 Å². The van der Waals surface area contributed by atoms with Crippen LogP contribution in [0.25, 0.3) is 0 Å². The molecule has 0 radical (unpaired) electrons. The van der Waals surface area contributed by atoms with E-state index in [1.807, 2.05) is 0 Å². The number of halogens is 3. The molecule has 8 heteroatoms. The number of nitrogens with one attached hydrogen (secondary N) is 1. The second-order valence-electron chi connectivity index (χ2n) is 3.76. The second kappa shape index (κ2) is 7.78. The fourth-order valence-corrected chi connectivity index (χ4v) is 2.49. The van der Waals surface area contributed by atoms with E-state index in [-0.39, 0.29) is 11.4 Å². The van der Waals surface area contributed by atoms with E-state index in [0.29, 0.717) is 31.2 Å². The molecular formula is C11H17F3N2O2S. The maximum absolute atomic E-state index is 12.7. The van der Waals surface area contributed by atoms with Crippen LogP contribution in [-0.4, -0.2) is 39.0 Å². The predicted molar refractivity (Wildman–Crippen MR) is 66.3 cm³/mol. The lowest BCUT2D eigenvalue weighted by Gasteiger charge is -2.04. The second-order valence-corrected chi connectivity index (χ2v) is 4.93. The first kappa shape index (κ1) is 16.4. The summed E-state index contributed by atoms with van der Waals surface area (Å²) in [6.07, 6.45) is -4.03. The van der Waals surface area contributed by atoms with Crippen molar-refractivity contribution in [3.05, 3.63) is 15.6 Å². The molecule has 1 rings (SSSR count). The SMILES string of the molecule is CNCc1sc(CCOCCOC)nc1C(F)(F)F. The van der Waals surface area contributed by atoms with Crippen molar-refractivity contribution in [2.75, 3.05) is 34.0 Å². The van der Waals surface area contributed by atoms with Gasteiger partial charge >= 0.3 is 6.18 Å². The van der Waals surface area contributed by atoms with Gasteiger partial charge in [-0.05, 0) is 7.05 Å². The summed E-state index contributed by atoms with van der Waals surface area (Å²) in [7, 11) is 3.16. The molecule has 0 fully saturated rings. The van der Waals surface area contributed by atoms with E-state index < -0.39 is 11.9 Å². The van der Waals surface area contributed by atoms with Crippen LogP contribution in [-0.2, 0) is 28.6 Å². The molecule has 0 bridgehead atoms. The van der Waals surface area contributed by atoms with Gasteiger partial charge in [-0.2, -0.15) is 13.2 Å². The highest BCUT2D eigenvalue weighted by molar-refractivity contribution is 7.11. The van der Waals surface area contributed by atoms with Crippen LogP contribution < -0.4 is 5.32 Å². The number of hydrogen-bond acceptors (Lipinski definition) is 5. The third-order valence-electron chi connectivity index (χ3n) is 2.24. The van der Waals surface area contributed by atoms with E-state index in [4.69, 9.17) is 9.47 Å². The van der Waals surface area contributed by atoms with Gasteiger partial charge in [0.15, 0.2) is 5.69 Å². The Balaban J connectivity index is 2.59. The monoisotopic (exact) mass is 298 g/mol. The molecule has 0 atom stereocenters. The van der Waals surface area contributed by atoms with Crippen LogP contribution in [0, 0.1) is 0 Å². The standard InChI is InChI=1S/C11H17F3N2O2S/c1-15-7-8-10(11(12,13)14)16-9(19-8)3-4-18-6-5-17-2/h15H,3-7H2,1-2H3. The van der Waals surface area contributed by atoms with E-state index in [9.17, 15) is 13.2 Å². The molecule has 4 nitrogen and oxygen atoms in total. The van der Waals surface area contributed by atoms with E-state index >= 15 is 0 Å². The lowest BCUT2D eigenvalue weighted by Crippen LogP contribution is -2.13. The first-order valence-electron chi connectivity index (χ1n) is 5.76. The molecule has 1 N–H and O–H groups in total. The molecule has 0 spiro atoms. The average molecular weight is 298 g/mol. The molecule has 0 saturated heterocycles. The molecule has 1 aromatic rings. The highest BCUT2D eigenvalue weighted by atomic mass is 32.1. The summed E-state index contributed by atoms with van der Waals surface area (Å²) in [6, 6.07) is 0. The molecule has 19 heavy (non-hydrogen) atoms. The van der Waals surface area contributed by atoms with Gasteiger partial charge in [0.2, 0.25) is 0 Å². The molecule has 110 valence electrons. The Morgan fingerprint density at radius 3 is 2.58 bits per heavy atom. The number of nitrogens with zero attached hydrogens (tertiary/aromatic N) is 1. The van der Waals surface area contributed by atoms with Gasteiger partial charge in [0.25, 0.3) is 0 Å². The number of alkyl halides is 3. The zero-order valence-electron chi connectivity index (χ0n) is 10.8. The Morgan fingerprint density at radius 2 is 2.00 bits per heavy atom. The fraction of sp³-hybridized carbons (Fsp3) is 0.727. The Bertz CT molecular complexity index is 383. The summed E-state index contributed by atoms with van der Waals surface area (Å²) < 4.78 is 48.2. The first-order chi connectivity index (χ1) is 8.99. The first-order valence-corrected chi connectivity index (χ1v) is 6.57. The van der Waals surface area contributed by atoms with E-state index in [1.54, 1.807) is 14.2 Å². The van der Waals surface area contributed by atoms with Gasteiger partial charge in [-0.1, -0.05) is 0 Å². The van der Waals surface area contributed by atoms with Crippen molar-refractivity contribution < 1.29 is 22.6 Å². The molecule has 0 aliphatic carbocycles. The molecule has 0 unspecified atom stereocenters. The van der Waals surface area contributed by atoms with Crippen LogP contribution in [0.3, 0.4) is 0 Å². The fourth-order valence-electron chi connectivity index (χ4n) is 1.41. The van der Waals surface area contributed by atoms with Crippen LogP contribution in [0.4, 0.5) is 13.2 Å². The van der Waals surface area contributed by atoms with Crippen LogP contribution >= 0.6 is 11.3 Å². The van der Waals surface area contributed by atoms with Gasteiger partial charge in [0.05, 0.1) is 29.7 Å². The van der Waals surface area contributed by atoms with Crippen molar-refractivity contribution in [1.29, 1.82) is 0 Å². The number of methoxy groups -OCH3 is 1. The highest BCUT2D eigenvalue weighted by Gasteiger charge is 2.37. The zero-order valence-corrected chi connectivity index (χ0v) is 11.7. The minimum absolute atomic E-state index is 0.164. The van der Waals surface area contributed by atoms with Crippen LogP contribution in [0.5, 0.6) is 0 Å². The molecule has 1 aromatic heterocycles. The maximum Gasteiger partial charge on any atom is 0.434 e.